The van der Waals surface area contributed by atoms with Crippen molar-refractivity contribution in [2.75, 3.05) is 13.1 Å². The molecule has 0 heterocycles. The summed E-state index contributed by atoms with van der Waals surface area (Å²) in [6, 6.07) is 0. The Morgan fingerprint density at radius 2 is 2.15 bits per heavy atom. The van der Waals surface area contributed by atoms with Crippen LogP contribution in [0.4, 0.5) is 0 Å². The Morgan fingerprint density at radius 3 is 2.62 bits per heavy atom. The molecule has 1 rings (SSSR count). The highest BCUT2D eigenvalue weighted by Crippen LogP contribution is 2.30. The average Bonchev–Trinajstić information content (AvgIpc) is 2.00. The van der Waals surface area contributed by atoms with Gasteiger partial charge in [0, 0.05) is 13.0 Å². The smallest absolute Gasteiger partial charge is 0.303 e. The first-order valence-corrected chi connectivity index (χ1v) is 4.77. The summed E-state index contributed by atoms with van der Waals surface area (Å²) in [6.07, 6.45) is 3.68. The van der Waals surface area contributed by atoms with Gasteiger partial charge in [-0.25, -0.2) is 0 Å². The third-order valence-electron chi connectivity index (χ3n) is 2.48. The first-order chi connectivity index (χ1) is 6.12. The Labute approximate surface area is 78.0 Å². The van der Waals surface area contributed by atoms with Crippen LogP contribution in [0.3, 0.4) is 0 Å². The molecule has 3 N–H and O–H groups in total. The molecule has 0 saturated heterocycles. The van der Waals surface area contributed by atoms with E-state index in [1.807, 2.05) is 0 Å². The molecule has 1 saturated carbocycles. The average molecular weight is 187 g/mol. The van der Waals surface area contributed by atoms with E-state index in [-0.39, 0.29) is 6.42 Å². The Morgan fingerprint density at radius 1 is 1.46 bits per heavy atom. The van der Waals surface area contributed by atoms with E-state index in [2.05, 4.69) is 5.32 Å². The first-order valence-electron chi connectivity index (χ1n) is 4.77. The number of rotatable bonds is 6. The van der Waals surface area contributed by atoms with E-state index in [1.165, 1.54) is 0 Å². The summed E-state index contributed by atoms with van der Waals surface area (Å²) in [4.78, 5) is 10.1. The molecule has 4 nitrogen and oxygen atoms in total. The van der Waals surface area contributed by atoms with Crippen LogP contribution in [0.1, 0.15) is 32.1 Å². The van der Waals surface area contributed by atoms with Gasteiger partial charge in [0.05, 0.1) is 5.60 Å². The lowest BCUT2D eigenvalue weighted by Crippen LogP contribution is -2.46. The van der Waals surface area contributed by atoms with Gasteiger partial charge in [-0.1, -0.05) is 0 Å². The highest BCUT2D eigenvalue weighted by Gasteiger charge is 2.33. The minimum Gasteiger partial charge on any atom is -0.481 e. The molecule has 0 amide bonds. The number of carbonyl (C=O) groups is 1. The SMILES string of the molecule is O=C(O)CCCNCC1(O)CCC1. The second-order valence-electron chi connectivity index (χ2n) is 3.75. The molecule has 0 radical (unpaired) electrons. The van der Waals surface area contributed by atoms with E-state index < -0.39 is 11.6 Å². The van der Waals surface area contributed by atoms with Crippen molar-refractivity contribution in [2.45, 2.75) is 37.7 Å². The predicted octanol–water partition coefficient (Wildman–Crippen LogP) is 0.356. The Bertz CT molecular complexity index is 178. The molecule has 1 aliphatic rings. The Hall–Kier alpha value is -0.610. The lowest BCUT2D eigenvalue weighted by Gasteiger charge is -2.36. The molecule has 0 unspecified atom stereocenters. The maximum absolute atomic E-state index is 10.1. The van der Waals surface area contributed by atoms with Crippen molar-refractivity contribution in [2.24, 2.45) is 0 Å². The van der Waals surface area contributed by atoms with Crippen molar-refractivity contribution in [1.82, 2.24) is 5.32 Å². The maximum atomic E-state index is 10.1. The molecule has 0 aromatic carbocycles. The van der Waals surface area contributed by atoms with Crippen molar-refractivity contribution in [3.63, 3.8) is 0 Å². The number of hydrogen-bond acceptors (Lipinski definition) is 3. The van der Waals surface area contributed by atoms with E-state index in [9.17, 15) is 9.90 Å². The zero-order chi connectivity index (χ0) is 9.73. The molecular weight excluding hydrogens is 170 g/mol. The van der Waals surface area contributed by atoms with E-state index in [0.717, 1.165) is 19.3 Å². The molecular formula is C9H17NO3. The third kappa shape index (κ3) is 3.74. The van der Waals surface area contributed by atoms with Gasteiger partial charge in [0.2, 0.25) is 0 Å². The molecule has 13 heavy (non-hydrogen) atoms. The fourth-order valence-corrected chi connectivity index (χ4v) is 1.45. The van der Waals surface area contributed by atoms with Gasteiger partial charge >= 0.3 is 5.97 Å². The molecule has 4 heteroatoms. The Kier molecular flexibility index (Phi) is 3.69. The largest absolute Gasteiger partial charge is 0.481 e. The molecule has 1 fully saturated rings. The van der Waals surface area contributed by atoms with Gasteiger partial charge in [0.25, 0.3) is 0 Å². The highest BCUT2D eigenvalue weighted by atomic mass is 16.4. The van der Waals surface area contributed by atoms with E-state index in [1.54, 1.807) is 0 Å². The predicted molar refractivity (Wildman–Crippen MR) is 48.5 cm³/mol. The third-order valence-corrected chi connectivity index (χ3v) is 2.48. The number of aliphatic carboxylic acids is 1. The molecule has 0 bridgehead atoms. The van der Waals surface area contributed by atoms with E-state index in [4.69, 9.17) is 5.11 Å². The zero-order valence-corrected chi connectivity index (χ0v) is 7.75. The number of nitrogens with one attached hydrogen (secondary N) is 1. The van der Waals surface area contributed by atoms with Crippen LogP contribution in [0.5, 0.6) is 0 Å². The minimum atomic E-state index is -0.760. The summed E-state index contributed by atoms with van der Waals surface area (Å²) in [6.45, 7) is 1.28. The molecule has 76 valence electrons. The normalized spacial score (nSPS) is 19.5. The number of carboxylic acids is 1. The van der Waals surface area contributed by atoms with Crippen LogP contribution in [0, 0.1) is 0 Å². The molecule has 1 aliphatic carbocycles. The van der Waals surface area contributed by atoms with Gasteiger partial charge in [-0.3, -0.25) is 4.79 Å². The van der Waals surface area contributed by atoms with Gasteiger partial charge in [-0.2, -0.15) is 0 Å². The summed E-state index contributed by atoms with van der Waals surface area (Å²) >= 11 is 0. The quantitative estimate of drug-likeness (QED) is 0.525. The minimum absolute atomic E-state index is 0.200. The van der Waals surface area contributed by atoms with Crippen LogP contribution in [0.2, 0.25) is 0 Å². The summed E-state index contributed by atoms with van der Waals surface area (Å²) < 4.78 is 0. The van der Waals surface area contributed by atoms with Crippen molar-refractivity contribution in [3.05, 3.63) is 0 Å². The standard InChI is InChI=1S/C9H17NO3/c11-8(12)3-1-6-10-7-9(13)4-2-5-9/h10,13H,1-7H2,(H,11,12). The lowest BCUT2D eigenvalue weighted by molar-refractivity contribution is -0.137. The number of hydrogen-bond donors (Lipinski definition) is 3. The van der Waals surface area contributed by atoms with Crippen LogP contribution >= 0.6 is 0 Å². The van der Waals surface area contributed by atoms with Crippen LogP contribution in [-0.2, 0) is 4.79 Å². The fourth-order valence-electron chi connectivity index (χ4n) is 1.45. The number of carboxylic acid groups (broad SMARTS) is 1. The molecule has 0 atom stereocenters. The fraction of sp³-hybridized carbons (Fsp3) is 0.889. The van der Waals surface area contributed by atoms with Crippen molar-refractivity contribution >= 4 is 5.97 Å². The van der Waals surface area contributed by atoms with Gasteiger partial charge < -0.3 is 15.5 Å². The van der Waals surface area contributed by atoms with Crippen LogP contribution < -0.4 is 5.32 Å². The van der Waals surface area contributed by atoms with Gasteiger partial charge in [-0.05, 0) is 32.2 Å². The summed E-state index contributed by atoms with van der Waals surface area (Å²) in [5, 5.41) is 21.1. The topological polar surface area (TPSA) is 69.6 Å². The van der Waals surface area contributed by atoms with Gasteiger partial charge in [0.1, 0.15) is 0 Å². The molecule has 0 aromatic heterocycles. The monoisotopic (exact) mass is 187 g/mol. The van der Waals surface area contributed by atoms with Crippen molar-refractivity contribution < 1.29 is 15.0 Å². The van der Waals surface area contributed by atoms with Crippen LogP contribution in [0.15, 0.2) is 0 Å². The number of aliphatic hydroxyl groups is 1. The molecule has 0 aromatic rings. The van der Waals surface area contributed by atoms with Crippen molar-refractivity contribution in [1.29, 1.82) is 0 Å². The first kappa shape index (κ1) is 10.5. The summed E-state index contributed by atoms with van der Waals surface area (Å²) in [5.41, 5.74) is -0.497. The maximum Gasteiger partial charge on any atom is 0.303 e. The summed E-state index contributed by atoms with van der Waals surface area (Å²) in [5.74, 6) is -0.760. The van der Waals surface area contributed by atoms with Crippen molar-refractivity contribution in [3.8, 4) is 0 Å². The van der Waals surface area contributed by atoms with Crippen LogP contribution in [-0.4, -0.2) is 34.9 Å². The van der Waals surface area contributed by atoms with Gasteiger partial charge in [0.15, 0.2) is 0 Å². The molecule has 0 aliphatic heterocycles. The van der Waals surface area contributed by atoms with E-state index >= 15 is 0 Å². The zero-order valence-electron chi connectivity index (χ0n) is 7.75. The summed E-state index contributed by atoms with van der Waals surface area (Å²) in [7, 11) is 0. The Balaban J connectivity index is 1.92. The second-order valence-corrected chi connectivity index (χ2v) is 3.75. The highest BCUT2D eigenvalue weighted by molar-refractivity contribution is 5.66. The van der Waals surface area contributed by atoms with Gasteiger partial charge in [-0.15, -0.1) is 0 Å². The second kappa shape index (κ2) is 4.58. The molecule has 0 spiro atoms. The lowest BCUT2D eigenvalue weighted by atomic mass is 9.80. The van der Waals surface area contributed by atoms with E-state index in [0.29, 0.717) is 19.5 Å². The van der Waals surface area contributed by atoms with Crippen LogP contribution in [0.25, 0.3) is 0 Å².